The molecule has 0 spiro atoms. The van der Waals surface area contributed by atoms with E-state index in [1.165, 1.54) is 4.90 Å². The Hall–Kier alpha value is -3.64. The molecule has 1 aliphatic heterocycles. The number of para-hydroxylation sites is 2. The van der Waals surface area contributed by atoms with E-state index in [1.807, 2.05) is 6.07 Å². The van der Waals surface area contributed by atoms with Crippen LogP contribution in [-0.2, 0) is 9.59 Å². The normalized spacial score (nSPS) is 16.2. The first-order valence-electron chi connectivity index (χ1n) is 7.73. The topological polar surface area (TPSA) is 97.0 Å². The van der Waals surface area contributed by atoms with Crippen LogP contribution in [0.4, 0.5) is 11.4 Å². The summed E-state index contributed by atoms with van der Waals surface area (Å²) in [6.45, 7) is 0.206. The maximum Gasteiger partial charge on any atom is 0.229 e. The van der Waals surface area contributed by atoms with Crippen molar-refractivity contribution in [3.05, 3.63) is 59.7 Å². The van der Waals surface area contributed by atoms with E-state index in [1.54, 1.807) is 48.5 Å². The molecule has 1 saturated heterocycles. The maximum absolute atomic E-state index is 12.5. The Morgan fingerprint density at radius 2 is 1.68 bits per heavy atom. The van der Waals surface area contributed by atoms with Crippen LogP contribution in [0.5, 0.6) is 0 Å². The molecule has 1 heterocycles. The fraction of sp³-hybridized carbons (Fsp3) is 0.158. The van der Waals surface area contributed by atoms with Crippen molar-refractivity contribution in [1.82, 2.24) is 0 Å². The molecule has 1 N–H and O–H groups in total. The van der Waals surface area contributed by atoms with Gasteiger partial charge in [-0.3, -0.25) is 9.59 Å². The minimum absolute atomic E-state index is 0.0698. The summed E-state index contributed by atoms with van der Waals surface area (Å²) in [5, 5.41) is 21.0. The molecule has 25 heavy (non-hydrogen) atoms. The van der Waals surface area contributed by atoms with Crippen LogP contribution >= 0.6 is 0 Å². The van der Waals surface area contributed by atoms with E-state index in [0.29, 0.717) is 22.5 Å². The van der Waals surface area contributed by atoms with E-state index < -0.39 is 5.92 Å². The zero-order chi connectivity index (χ0) is 17.8. The van der Waals surface area contributed by atoms with E-state index >= 15 is 0 Å². The van der Waals surface area contributed by atoms with Gasteiger partial charge in [0.25, 0.3) is 0 Å². The summed E-state index contributed by atoms with van der Waals surface area (Å²) in [4.78, 5) is 26.3. The molecule has 2 aromatic rings. The van der Waals surface area contributed by atoms with Crippen molar-refractivity contribution < 1.29 is 9.59 Å². The molecule has 2 aromatic carbocycles. The van der Waals surface area contributed by atoms with Gasteiger partial charge in [-0.2, -0.15) is 10.5 Å². The quantitative estimate of drug-likeness (QED) is 0.934. The van der Waals surface area contributed by atoms with Gasteiger partial charge in [0, 0.05) is 13.0 Å². The van der Waals surface area contributed by atoms with Crippen LogP contribution in [0, 0.1) is 28.6 Å². The molecular formula is C19H14N4O2. The summed E-state index contributed by atoms with van der Waals surface area (Å²) in [6.07, 6.45) is 0.0698. The Kier molecular flexibility index (Phi) is 4.45. The molecule has 0 bridgehead atoms. The highest BCUT2D eigenvalue weighted by molar-refractivity contribution is 6.04. The van der Waals surface area contributed by atoms with Gasteiger partial charge in [-0.25, -0.2) is 0 Å². The highest BCUT2D eigenvalue weighted by Gasteiger charge is 2.36. The third-order valence-corrected chi connectivity index (χ3v) is 4.12. The Morgan fingerprint density at radius 3 is 2.40 bits per heavy atom. The molecule has 122 valence electrons. The van der Waals surface area contributed by atoms with Gasteiger partial charge in [0.1, 0.15) is 12.1 Å². The highest BCUT2D eigenvalue weighted by atomic mass is 16.2. The summed E-state index contributed by atoms with van der Waals surface area (Å²) in [5.74, 6) is -1.05. The van der Waals surface area contributed by atoms with Crippen LogP contribution in [0.2, 0.25) is 0 Å². The van der Waals surface area contributed by atoms with Crippen molar-refractivity contribution in [3.8, 4) is 12.1 Å². The van der Waals surface area contributed by atoms with Gasteiger partial charge in [-0.1, -0.05) is 24.3 Å². The zero-order valence-corrected chi connectivity index (χ0v) is 13.3. The number of nitriles is 2. The second-order valence-electron chi connectivity index (χ2n) is 5.68. The molecule has 1 atom stereocenters. The van der Waals surface area contributed by atoms with Gasteiger partial charge in [0.15, 0.2) is 0 Å². The molecule has 1 fully saturated rings. The van der Waals surface area contributed by atoms with Gasteiger partial charge >= 0.3 is 0 Å². The number of rotatable bonds is 3. The van der Waals surface area contributed by atoms with Crippen molar-refractivity contribution in [2.45, 2.75) is 6.42 Å². The van der Waals surface area contributed by atoms with Crippen LogP contribution in [0.3, 0.4) is 0 Å². The number of nitrogens with zero attached hydrogens (tertiary/aromatic N) is 3. The summed E-state index contributed by atoms with van der Waals surface area (Å²) < 4.78 is 0. The average Bonchev–Trinajstić information content (AvgIpc) is 3.03. The predicted octanol–water partition coefficient (Wildman–Crippen LogP) is 2.42. The number of hydrogen-bond donors (Lipinski definition) is 1. The standard InChI is InChI=1S/C19H14N4O2/c20-10-13-5-1-3-7-16(13)22-19(25)15-9-18(24)23(12-15)17-8-4-2-6-14(17)11-21/h1-8,15H,9,12H2,(H,22,25). The maximum atomic E-state index is 12.5. The lowest BCUT2D eigenvalue weighted by Gasteiger charge is -2.18. The monoisotopic (exact) mass is 330 g/mol. The SMILES string of the molecule is N#Cc1ccccc1NC(=O)C1CC(=O)N(c2ccccc2C#N)C1. The van der Waals surface area contributed by atoms with Crippen molar-refractivity contribution in [2.75, 3.05) is 16.8 Å². The third kappa shape index (κ3) is 3.19. The van der Waals surface area contributed by atoms with Crippen LogP contribution in [-0.4, -0.2) is 18.4 Å². The number of hydrogen-bond acceptors (Lipinski definition) is 4. The van der Waals surface area contributed by atoms with Crippen molar-refractivity contribution >= 4 is 23.2 Å². The largest absolute Gasteiger partial charge is 0.325 e. The van der Waals surface area contributed by atoms with Crippen molar-refractivity contribution in [2.24, 2.45) is 5.92 Å². The number of amides is 2. The number of nitrogens with one attached hydrogen (secondary N) is 1. The second kappa shape index (κ2) is 6.86. The molecule has 0 aliphatic carbocycles. The minimum Gasteiger partial charge on any atom is -0.325 e. The van der Waals surface area contributed by atoms with Crippen molar-refractivity contribution in [1.29, 1.82) is 10.5 Å². The summed E-state index contributed by atoms with van der Waals surface area (Å²) in [5.41, 5.74) is 1.71. The van der Waals surface area contributed by atoms with E-state index in [0.717, 1.165) is 0 Å². The van der Waals surface area contributed by atoms with Crippen LogP contribution < -0.4 is 10.2 Å². The van der Waals surface area contributed by atoms with E-state index in [4.69, 9.17) is 5.26 Å². The lowest BCUT2D eigenvalue weighted by molar-refractivity contribution is -0.122. The molecule has 3 rings (SSSR count). The molecular weight excluding hydrogens is 316 g/mol. The van der Waals surface area contributed by atoms with Crippen LogP contribution in [0.1, 0.15) is 17.5 Å². The molecule has 1 unspecified atom stereocenters. The number of carbonyl (C=O) groups excluding carboxylic acids is 2. The first-order valence-corrected chi connectivity index (χ1v) is 7.73. The number of benzene rings is 2. The van der Waals surface area contributed by atoms with E-state index in [-0.39, 0.29) is 24.8 Å². The smallest absolute Gasteiger partial charge is 0.229 e. The Morgan fingerprint density at radius 1 is 1.04 bits per heavy atom. The molecule has 1 aliphatic rings. The lowest BCUT2D eigenvalue weighted by atomic mass is 10.1. The fourth-order valence-corrected chi connectivity index (χ4v) is 2.84. The van der Waals surface area contributed by atoms with E-state index in [9.17, 15) is 14.9 Å². The Balaban J connectivity index is 1.78. The molecule has 0 aromatic heterocycles. The highest BCUT2D eigenvalue weighted by Crippen LogP contribution is 2.28. The molecule has 0 radical (unpaired) electrons. The summed E-state index contributed by atoms with van der Waals surface area (Å²) in [7, 11) is 0. The summed E-state index contributed by atoms with van der Waals surface area (Å²) in [6, 6.07) is 17.6. The third-order valence-electron chi connectivity index (χ3n) is 4.12. The summed E-state index contributed by atoms with van der Waals surface area (Å²) >= 11 is 0. The van der Waals surface area contributed by atoms with E-state index in [2.05, 4.69) is 11.4 Å². The Bertz CT molecular complexity index is 924. The molecule has 6 heteroatoms. The first-order chi connectivity index (χ1) is 12.1. The Labute approximate surface area is 144 Å². The predicted molar refractivity (Wildman–Crippen MR) is 91.4 cm³/mol. The molecule has 6 nitrogen and oxygen atoms in total. The van der Waals surface area contributed by atoms with Crippen molar-refractivity contribution in [3.63, 3.8) is 0 Å². The number of anilines is 2. The fourth-order valence-electron chi connectivity index (χ4n) is 2.84. The van der Waals surface area contributed by atoms with Gasteiger partial charge in [-0.15, -0.1) is 0 Å². The first kappa shape index (κ1) is 16.2. The minimum atomic E-state index is -0.536. The van der Waals surface area contributed by atoms with Gasteiger partial charge in [0.05, 0.1) is 28.4 Å². The lowest BCUT2D eigenvalue weighted by Crippen LogP contribution is -2.28. The van der Waals surface area contributed by atoms with Gasteiger partial charge in [0.2, 0.25) is 11.8 Å². The van der Waals surface area contributed by atoms with Crippen LogP contribution in [0.25, 0.3) is 0 Å². The van der Waals surface area contributed by atoms with Gasteiger partial charge < -0.3 is 10.2 Å². The van der Waals surface area contributed by atoms with Gasteiger partial charge in [-0.05, 0) is 24.3 Å². The second-order valence-corrected chi connectivity index (χ2v) is 5.68. The number of carbonyl (C=O) groups is 2. The zero-order valence-electron chi connectivity index (χ0n) is 13.3. The molecule has 2 amide bonds. The molecule has 0 saturated carbocycles. The average molecular weight is 330 g/mol. The van der Waals surface area contributed by atoms with Crippen LogP contribution in [0.15, 0.2) is 48.5 Å².